The Morgan fingerprint density at radius 1 is 1.24 bits per heavy atom. The number of hydrogen-bond donors (Lipinski definition) is 1. The van der Waals surface area contributed by atoms with Crippen LogP contribution in [0.5, 0.6) is 0 Å². The molecule has 0 saturated heterocycles. The highest BCUT2D eigenvalue weighted by molar-refractivity contribution is 5.84. The topological polar surface area (TPSA) is 43.8 Å². The normalized spacial score (nSPS) is 17.7. The van der Waals surface area contributed by atoms with Crippen LogP contribution in [0.3, 0.4) is 0 Å². The molecule has 1 saturated carbocycles. The van der Waals surface area contributed by atoms with Gasteiger partial charge in [-0.1, -0.05) is 19.3 Å². The van der Waals surface area contributed by atoms with Crippen LogP contribution in [0.1, 0.15) is 43.7 Å². The van der Waals surface area contributed by atoms with Gasteiger partial charge >= 0.3 is 0 Å². The quantitative estimate of drug-likeness (QED) is 0.763. The second-order valence-corrected chi connectivity index (χ2v) is 5.12. The molecule has 0 atom stereocenters. The number of aryl methyl sites for hydroxylation is 1. The second-order valence-electron chi connectivity index (χ2n) is 5.12. The van der Waals surface area contributed by atoms with Gasteiger partial charge in [-0.15, -0.1) is 0 Å². The summed E-state index contributed by atoms with van der Waals surface area (Å²) >= 11 is 0. The number of benzene rings is 1. The van der Waals surface area contributed by atoms with Gasteiger partial charge in [0.1, 0.15) is 0 Å². The highest BCUT2D eigenvalue weighted by Gasteiger charge is 2.21. The minimum atomic E-state index is 0.683. The molecule has 1 fully saturated rings. The van der Waals surface area contributed by atoms with Crippen molar-refractivity contribution in [2.75, 3.05) is 5.73 Å². The van der Waals surface area contributed by atoms with Gasteiger partial charge in [0, 0.05) is 29.7 Å². The van der Waals surface area contributed by atoms with Crippen LogP contribution in [0.25, 0.3) is 10.9 Å². The lowest BCUT2D eigenvalue weighted by Crippen LogP contribution is -2.09. The molecule has 0 unspecified atom stereocenters. The van der Waals surface area contributed by atoms with E-state index < -0.39 is 0 Å². The molecular formula is C14H19N3. The fourth-order valence-corrected chi connectivity index (χ4v) is 3.10. The van der Waals surface area contributed by atoms with E-state index in [1.54, 1.807) is 0 Å². The zero-order valence-corrected chi connectivity index (χ0v) is 10.3. The average Bonchev–Trinajstić information content (AvgIpc) is 2.65. The maximum atomic E-state index is 5.81. The van der Waals surface area contributed by atoms with Crippen LogP contribution in [0.15, 0.2) is 18.2 Å². The van der Waals surface area contributed by atoms with Crippen LogP contribution in [-0.4, -0.2) is 9.78 Å². The Bertz CT molecular complexity index is 536. The van der Waals surface area contributed by atoms with E-state index in [4.69, 9.17) is 5.73 Å². The molecule has 0 bridgehead atoms. The predicted octanol–water partition coefficient (Wildman–Crippen LogP) is 3.20. The van der Waals surface area contributed by atoms with Gasteiger partial charge in [-0.2, -0.15) is 5.10 Å². The molecule has 17 heavy (non-hydrogen) atoms. The number of hydrogen-bond acceptors (Lipinski definition) is 2. The molecule has 1 aliphatic rings. The summed E-state index contributed by atoms with van der Waals surface area (Å²) in [5.74, 6) is 0.683. The lowest BCUT2D eigenvalue weighted by molar-refractivity contribution is 0.426. The molecular weight excluding hydrogens is 210 g/mol. The average molecular weight is 229 g/mol. The summed E-state index contributed by atoms with van der Waals surface area (Å²) in [4.78, 5) is 0. The maximum absolute atomic E-state index is 5.81. The largest absolute Gasteiger partial charge is 0.399 e. The second kappa shape index (κ2) is 4.06. The minimum Gasteiger partial charge on any atom is -0.399 e. The van der Waals surface area contributed by atoms with Gasteiger partial charge in [-0.05, 0) is 31.0 Å². The van der Waals surface area contributed by atoms with Crippen LogP contribution >= 0.6 is 0 Å². The van der Waals surface area contributed by atoms with Crippen molar-refractivity contribution in [2.45, 2.75) is 38.0 Å². The molecule has 1 heterocycles. The van der Waals surface area contributed by atoms with Crippen molar-refractivity contribution in [1.82, 2.24) is 9.78 Å². The fourth-order valence-electron chi connectivity index (χ4n) is 3.10. The minimum absolute atomic E-state index is 0.683. The Morgan fingerprint density at radius 2 is 2.00 bits per heavy atom. The molecule has 1 aliphatic carbocycles. The first-order chi connectivity index (χ1) is 8.25. The molecule has 1 aromatic heterocycles. The molecule has 2 aromatic rings. The number of fused-ring (bicyclic) bond motifs is 1. The molecule has 3 heteroatoms. The summed E-state index contributed by atoms with van der Waals surface area (Å²) in [6.45, 7) is 0. The first-order valence-electron chi connectivity index (χ1n) is 6.48. The summed E-state index contributed by atoms with van der Waals surface area (Å²) in [6.07, 6.45) is 6.70. The Labute approximate surface area is 102 Å². The molecule has 0 aliphatic heterocycles. The highest BCUT2D eigenvalue weighted by Crippen LogP contribution is 2.36. The molecule has 90 valence electrons. The van der Waals surface area contributed by atoms with Crippen LogP contribution in [0.4, 0.5) is 5.69 Å². The summed E-state index contributed by atoms with van der Waals surface area (Å²) < 4.78 is 2.06. The Kier molecular flexibility index (Phi) is 2.54. The Morgan fingerprint density at radius 3 is 2.76 bits per heavy atom. The van der Waals surface area contributed by atoms with E-state index in [0.717, 1.165) is 11.2 Å². The van der Waals surface area contributed by atoms with Crippen molar-refractivity contribution < 1.29 is 0 Å². The molecule has 0 radical (unpaired) electrons. The van der Waals surface area contributed by atoms with Crippen molar-refractivity contribution in [1.29, 1.82) is 0 Å². The summed E-state index contributed by atoms with van der Waals surface area (Å²) in [5.41, 5.74) is 9.05. The maximum Gasteiger partial charge on any atom is 0.0946 e. The van der Waals surface area contributed by atoms with Gasteiger partial charge in [0.05, 0.1) is 5.52 Å². The molecule has 0 spiro atoms. The zero-order chi connectivity index (χ0) is 11.8. The van der Waals surface area contributed by atoms with Gasteiger partial charge in [0.15, 0.2) is 0 Å². The van der Waals surface area contributed by atoms with Gasteiger partial charge < -0.3 is 5.73 Å². The Balaban J connectivity index is 2.11. The predicted molar refractivity (Wildman–Crippen MR) is 71.0 cm³/mol. The van der Waals surface area contributed by atoms with Crippen molar-refractivity contribution >= 4 is 16.6 Å². The number of anilines is 1. The summed E-state index contributed by atoms with van der Waals surface area (Å²) in [7, 11) is 2.06. The number of rotatable bonds is 1. The van der Waals surface area contributed by atoms with Gasteiger partial charge in [0.2, 0.25) is 0 Å². The number of nitrogens with zero attached hydrogens (tertiary/aromatic N) is 2. The standard InChI is InChI=1S/C14H19N3/c1-17-14(10-5-3-2-4-6-10)12-8-7-11(15)9-13(12)16-17/h7-10H,2-6,15H2,1H3. The summed E-state index contributed by atoms with van der Waals surface area (Å²) in [5, 5.41) is 5.87. The first-order valence-corrected chi connectivity index (χ1v) is 6.48. The van der Waals surface area contributed by atoms with Crippen molar-refractivity contribution in [3.8, 4) is 0 Å². The molecule has 1 aromatic carbocycles. The third kappa shape index (κ3) is 1.79. The summed E-state index contributed by atoms with van der Waals surface area (Å²) in [6, 6.07) is 6.08. The van der Waals surface area contributed by atoms with Crippen molar-refractivity contribution in [2.24, 2.45) is 7.05 Å². The molecule has 2 N–H and O–H groups in total. The van der Waals surface area contributed by atoms with E-state index in [2.05, 4.69) is 22.9 Å². The van der Waals surface area contributed by atoms with E-state index in [1.807, 2.05) is 12.1 Å². The third-order valence-corrected chi connectivity index (χ3v) is 3.90. The van der Waals surface area contributed by atoms with Gasteiger partial charge in [-0.25, -0.2) is 0 Å². The van der Waals surface area contributed by atoms with E-state index in [1.165, 1.54) is 43.2 Å². The van der Waals surface area contributed by atoms with Crippen LogP contribution in [0.2, 0.25) is 0 Å². The van der Waals surface area contributed by atoms with Gasteiger partial charge in [-0.3, -0.25) is 4.68 Å². The third-order valence-electron chi connectivity index (χ3n) is 3.90. The van der Waals surface area contributed by atoms with E-state index in [0.29, 0.717) is 5.92 Å². The fraction of sp³-hybridized carbons (Fsp3) is 0.500. The molecule has 0 amide bonds. The van der Waals surface area contributed by atoms with E-state index >= 15 is 0 Å². The first kappa shape index (κ1) is 10.6. The number of nitrogens with two attached hydrogens (primary N) is 1. The lowest BCUT2D eigenvalue weighted by Gasteiger charge is -2.22. The molecule has 3 nitrogen and oxygen atoms in total. The molecule has 3 rings (SSSR count). The van der Waals surface area contributed by atoms with Crippen molar-refractivity contribution in [3.63, 3.8) is 0 Å². The number of aromatic nitrogens is 2. The van der Waals surface area contributed by atoms with E-state index in [-0.39, 0.29) is 0 Å². The van der Waals surface area contributed by atoms with Crippen molar-refractivity contribution in [3.05, 3.63) is 23.9 Å². The smallest absolute Gasteiger partial charge is 0.0946 e. The zero-order valence-electron chi connectivity index (χ0n) is 10.3. The van der Waals surface area contributed by atoms with Gasteiger partial charge in [0.25, 0.3) is 0 Å². The highest BCUT2D eigenvalue weighted by atomic mass is 15.3. The van der Waals surface area contributed by atoms with E-state index in [9.17, 15) is 0 Å². The van der Waals surface area contributed by atoms with Crippen LogP contribution < -0.4 is 5.73 Å². The Hall–Kier alpha value is -1.51. The lowest BCUT2D eigenvalue weighted by atomic mass is 9.85. The van der Waals surface area contributed by atoms with Crippen LogP contribution in [-0.2, 0) is 7.05 Å². The van der Waals surface area contributed by atoms with Crippen LogP contribution in [0, 0.1) is 0 Å². The monoisotopic (exact) mass is 229 g/mol. The SMILES string of the molecule is Cn1nc2cc(N)ccc2c1C1CCCCC1. The number of nitrogen functional groups attached to an aromatic ring is 1.